The van der Waals surface area contributed by atoms with Crippen LogP contribution in [0.3, 0.4) is 0 Å². The second-order valence-corrected chi connectivity index (χ2v) is 4.92. The zero-order chi connectivity index (χ0) is 10.1. The van der Waals surface area contributed by atoms with Crippen LogP contribution in [-0.2, 0) is 0 Å². The van der Waals surface area contributed by atoms with Crippen molar-refractivity contribution in [2.75, 3.05) is 0 Å². The normalized spacial score (nSPS) is 10.5. The van der Waals surface area contributed by atoms with Gasteiger partial charge >= 0.3 is 0 Å². The monoisotopic (exact) mass is 243 g/mol. The summed E-state index contributed by atoms with van der Waals surface area (Å²) >= 11 is 13.4. The molecule has 0 fully saturated rings. The number of aryl methyl sites for hydroxylation is 1. The summed E-state index contributed by atoms with van der Waals surface area (Å²) in [5.74, 6) is 0. The third kappa shape index (κ3) is 1.92. The molecule has 72 valence electrons. The Morgan fingerprint density at radius 3 is 2.57 bits per heavy atom. The molecule has 14 heavy (non-hydrogen) atoms. The van der Waals surface area contributed by atoms with Crippen LogP contribution >= 0.6 is 34.5 Å². The van der Waals surface area contributed by atoms with Gasteiger partial charge in [-0.15, -0.1) is 11.3 Å². The molecule has 0 saturated carbocycles. The molecule has 0 spiro atoms. The van der Waals surface area contributed by atoms with Crippen molar-refractivity contribution in [1.82, 2.24) is 4.98 Å². The van der Waals surface area contributed by atoms with Crippen molar-refractivity contribution in [2.24, 2.45) is 0 Å². The van der Waals surface area contributed by atoms with Crippen LogP contribution < -0.4 is 0 Å². The highest BCUT2D eigenvalue weighted by Crippen LogP contribution is 2.31. The third-order valence-corrected chi connectivity index (χ3v) is 3.53. The molecule has 0 atom stereocenters. The SMILES string of the molecule is Cc1ncc(-c2ccc(Cl)c(Cl)c2)s1. The maximum absolute atomic E-state index is 5.92. The molecule has 0 aliphatic carbocycles. The van der Waals surface area contributed by atoms with Crippen LogP contribution in [0.1, 0.15) is 5.01 Å². The predicted molar refractivity (Wildman–Crippen MR) is 62.3 cm³/mol. The smallest absolute Gasteiger partial charge is 0.0900 e. The minimum Gasteiger partial charge on any atom is -0.249 e. The highest BCUT2D eigenvalue weighted by molar-refractivity contribution is 7.15. The van der Waals surface area contributed by atoms with Gasteiger partial charge in [0.05, 0.1) is 19.9 Å². The summed E-state index contributed by atoms with van der Waals surface area (Å²) in [6.07, 6.45) is 1.85. The number of hydrogen-bond acceptors (Lipinski definition) is 2. The molecule has 0 saturated heterocycles. The summed E-state index contributed by atoms with van der Waals surface area (Å²) in [5.41, 5.74) is 1.06. The maximum Gasteiger partial charge on any atom is 0.0900 e. The van der Waals surface area contributed by atoms with Crippen molar-refractivity contribution in [3.05, 3.63) is 39.4 Å². The van der Waals surface area contributed by atoms with Gasteiger partial charge in [-0.2, -0.15) is 0 Å². The summed E-state index contributed by atoms with van der Waals surface area (Å²) in [6.45, 7) is 1.98. The van der Waals surface area contributed by atoms with Gasteiger partial charge in [0.1, 0.15) is 0 Å². The van der Waals surface area contributed by atoms with Gasteiger partial charge in [-0.3, -0.25) is 0 Å². The minimum atomic E-state index is 0.579. The molecule has 0 radical (unpaired) electrons. The van der Waals surface area contributed by atoms with Gasteiger partial charge in [0.2, 0.25) is 0 Å². The van der Waals surface area contributed by atoms with Crippen molar-refractivity contribution in [3.8, 4) is 10.4 Å². The van der Waals surface area contributed by atoms with E-state index in [9.17, 15) is 0 Å². The van der Waals surface area contributed by atoms with Gasteiger partial charge in [-0.25, -0.2) is 4.98 Å². The van der Waals surface area contributed by atoms with Crippen LogP contribution in [0.5, 0.6) is 0 Å². The number of benzene rings is 1. The van der Waals surface area contributed by atoms with Crippen LogP contribution in [0.25, 0.3) is 10.4 Å². The first-order valence-corrected chi connectivity index (χ1v) is 5.62. The summed E-state index contributed by atoms with van der Waals surface area (Å²) in [4.78, 5) is 5.30. The molecule has 0 amide bonds. The van der Waals surface area contributed by atoms with E-state index in [1.807, 2.05) is 25.3 Å². The first kappa shape index (κ1) is 9.97. The van der Waals surface area contributed by atoms with E-state index in [-0.39, 0.29) is 0 Å². The lowest BCUT2D eigenvalue weighted by molar-refractivity contribution is 1.30. The van der Waals surface area contributed by atoms with Gasteiger partial charge < -0.3 is 0 Å². The number of halogens is 2. The maximum atomic E-state index is 5.92. The Morgan fingerprint density at radius 2 is 2.00 bits per heavy atom. The molecular weight excluding hydrogens is 237 g/mol. The lowest BCUT2D eigenvalue weighted by Gasteiger charge is -1.98. The fourth-order valence-electron chi connectivity index (χ4n) is 1.14. The van der Waals surface area contributed by atoms with Gasteiger partial charge in [0.15, 0.2) is 0 Å². The van der Waals surface area contributed by atoms with Crippen molar-refractivity contribution in [3.63, 3.8) is 0 Å². The third-order valence-electron chi connectivity index (χ3n) is 1.83. The average molecular weight is 244 g/mol. The van der Waals surface area contributed by atoms with Crippen LogP contribution in [0.4, 0.5) is 0 Å². The molecular formula is C10H7Cl2NS. The fourth-order valence-corrected chi connectivity index (χ4v) is 2.22. The zero-order valence-electron chi connectivity index (χ0n) is 7.42. The molecule has 0 aliphatic rings. The summed E-state index contributed by atoms with van der Waals surface area (Å²) in [6, 6.07) is 5.60. The molecule has 1 aromatic heterocycles. The topological polar surface area (TPSA) is 12.9 Å². The van der Waals surface area contributed by atoms with E-state index < -0.39 is 0 Å². The molecule has 0 bridgehead atoms. The van der Waals surface area contributed by atoms with Crippen molar-refractivity contribution >= 4 is 34.5 Å². The first-order valence-electron chi connectivity index (χ1n) is 4.04. The second kappa shape index (κ2) is 3.89. The molecule has 1 aromatic carbocycles. The van der Waals surface area contributed by atoms with E-state index in [0.29, 0.717) is 10.0 Å². The average Bonchev–Trinajstić information content (AvgIpc) is 2.57. The van der Waals surface area contributed by atoms with Crippen LogP contribution in [0.15, 0.2) is 24.4 Å². The molecule has 2 aromatic rings. The van der Waals surface area contributed by atoms with Gasteiger partial charge in [0.25, 0.3) is 0 Å². The molecule has 2 rings (SSSR count). The number of aromatic nitrogens is 1. The Morgan fingerprint density at radius 1 is 1.21 bits per heavy atom. The van der Waals surface area contributed by atoms with Gasteiger partial charge in [-0.05, 0) is 24.6 Å². The van der Waals surface area contributed by atoms with E-state index >= 15 is 0 Å². The van der Waals surface area contributed by atoms with Gasteiger partial charge in [-0.1, -0.05) is 29.3 Å². The largest absolute Gasteiger partial charge is 0.249 e. The van der Waals surface area contributed by atoms with E-state index in [2.05, 4.69) is 4.98 Å². The molecule has 0 unspecified atom stereocenters. The Balaban J connectivity index is 2.47. The summed E-state index contributed by atoms with van der Waals surface area (Å²) in [5, 5.41) is 2.21. The van der Waals surface area contributed by atoms with Crippen LogP contribution in [0, 0.1) is 6.92 Å². The minimum absolute atomic E-state index is 0.579. The Hall–Kier alpha value is -0.570. The van der Waals surface area contributed by atoms with Crippen LogP contribution in [0.2, 0.25) is 10.0 Å². The second-order valence-electron chi connectivity index (χ2n) is 2.87. The van der Waals surface area contributed by atoms with E-state index in [4.69, 9.17) is 23.2 Å². The van der Waals surface area contributed by atoms with Crippen molar-refractivity contribution in [2.45, 2.75) is 6.92 Å². The molecule has 1 nitrogen and oxygen atoms in total. The Kier molecular flexibility index (Phi) is 2.77. The Bertz CT molecular complexity index is 465. The quantitative estimate of drug-likeness (QED) is 0.723. The first-order chi connectivity index (χ1) is 6.66. The van der Waals surface area contributed by atoms with Crippen molar-refractivity contribution < 1.29 is 0 Å². The number of hydrogen-bond donors (Lipinski definition) is 0. The molecule has 1 heterocycles. The van der Waals surface area contributed by atoms with E-state index in [1.165, 1.54) is 0 Å². The standard InChI is InChI=1S/C10H7Cl2NS/c1-6-13-5-10(14-6)7-2-3-8(11)9(12)4-7/h2-5H,1H3. The van der Waals surface area contributed by atoms with E-state index in [0.717, 1.165) is 15.4 Å². The zero-order valence-corrected chi connectivity index (χ0v) is 9.75. The van der Waals surface area contributed by atoms with Crippen LogP contribution in [-0.4, -0.2) is 4.98 Å². The summed E-state index contributed by atoms with van der Waals surface area (Å²) in [7, 11) is 0. The Labute approximate surface area is 96.3 Å². The number of thiazole rings is 1. The van der Waals surface area contributed by atoms with Gasteiger partial charge in [0, 0.05) is 6.20 Å². The highest BCUT2D eigenvalue weighted by atomic mass is 35.5. The van der Waals surface area contributed by atoms with E-state index in [1.54, 1.807) is 17.4 Å². The molecule has 4 heteroatoms. The number of rotatable bonds is 1. The number of nitrogens with zero attached hydrogens (tertiary/aromatic N) is 1. The summed E-state index contributed by atoms with van der Waals surface area (Å²) < 4.78 is 0. The predicted octanol–water partition coefficient (Wildman–Crippen LogP) is 4.43. The lowest BCUT2D eigenvalue weighted by atomic mass is 10.2. The molecule has 0 aliphatic heterocycles. The molecule has 0 N–H and O–H groups in total. The van der Waals surface area contributed by atoms with Crippen molar-refractivity contribution in [1.29, 1.82) is 0 Å². The fraction of sp³-hybridized carbons (Fsp3) is 0.100. The highest BCUT2D eigenvalue weighted by Gasteiger charge is 2.04. The lowest BCUT2D eigenvalue weighted by Crippen LogP contribution is -1.73.